The molecule has 0 fully saturated rings. The second-order valence-electron chi connectivity index (χ2n) is 3.71. The van der Waals surface area contributed by atoms with Gasteiger partial charge in [-0.2, -0.15) is 0 Å². The fourth-order valence-electron chi connectivity index (χ4n) is 1.45. The summed E-state index contributed by atoms with van der Waals surface area (Å²) in [4.78, 5) is 2.12. The molecule has 0 spiro atoms. The lowest BCUT2D eigenvalue weighted by atomic mass is 10.1. The van der Waals surface area contributed by atoms with Gasteiger partial charge < -0.3 is 10.6 Å². The number of benzene rings is 1. The summed E-state index contributed by atoms with van der Waals surface area (Å²) in [5.41, 5.74) is 7.28. The summed E-state index contributed by atoms with van der Waals surface area (Å²) in [5.74, 6) is 0. The van der Waals surface area contributed by atoms with Gasteiger partial charge in [-0.1, -0.05) is 44.2 Å². The molecule has 0 aromatic heterocycles. The standard InChI is InChI=1S/C11H18N2.C2H6/c1-13(2)9-11(12)8-10-6-4-3-5-7-10;1-2/h3-7,11H,8-9,12H2,1-2H3;1-2H3. The molecule has 2 N–H and O–H groups in total. The van der Waals surface area contributed by atoms with Crippen LogP contribution < -0.4 is 5.73 Å². The Hall–Kier alpha value is -0.860. The average molecular weight is 208 g/mol. The van der Waals surface area contributed by atoms with Crippen LogP contribution in [-0.2, 0) is 6.42 Å². The molecule has 1 rings (SSSR count). The highest BCUT2D eigenvalue weighted by atomic mass is 15.1. The summed E-state index contributed by atoms with van der Waals surface area (Å²) < 4.78 is 0. The van der Waals surface area contributed by atoms with Crippen LogP contribution in [0.1, 0.15) is 19.4 Å². The molecule has 2 heteroatoms. The van der Waals surface area contributed by atoms with Crippen molar-refractivity contribution in [1.82, 2.24) is 4.90 Å². The third kappa shape index (κ3) is 7.11. The molecule has 0 saturated heterocycles. The summed E-state index contributed by atoms with van der Waals surface area (Å²) >= 11 is 0. The molecular formula is C13H24N2. The molecule has 0 saturated carbocycles. The Labute approximate surface area is 94.1 Å². The molecule has 0 radical (unpaired) electrons. The van der Waals surface area contributed by atoms with E-state index < -0.39 is 0 Å². The van der Waals surface area contributed by atoms with E-state index in [1.165, 1.54) is 5.56 Å². The zero-order valence-electron chi connectivity index (χ0n) is 10.4. The van der Waals surface area contributed by atoms with Gasteiger partial charge in [0.05, 0.1) is 0 Å². The van der Waals surface area contributed by atoms with Crippen LogP contribution in [0.5, 0.6) is 0 Å². The van der Waals surface area contributed by atoms with Crippen LogP contribution in [0.4, 0.5) is 0 Å². The lowest BCUT2D eigenvalue weighted by molar-refractivity contribution is 0.371. The highest BCUT2D eigenvalue weighted by Crippen LogP contribution is 2.01. The van der Waals surface area contributed by atoms with E-state index in [0.29, 0.717) is 0 Å². The van der Waals surface area contributed by atoms with Gasteiger partial charge in [-0.05, 0) is 26.1 Å². The van der Waals surface area contributed by atoms with Gasteiger partial charge in [0.15, 0.2) is 0 Å². The fraction of sp³-hybridized carbons (Fsp3) is 0.538. The second-order valence-corrected chi connectivity index (χ2v) is 3.71. The molecule has 1 aromatic carbocycles. The van der Waals surface area contributed by atoms with Crippen molar-refractivity contribution >= 4 is 0 Å². The molecule has 0 bridgehead atoms. The Morgan fingerprint density at radius 1 is 1.13 bits per heavy atom. The molecule has 0 aliphatic carbocycles. The van der Waals surface area contributed by atoms with Gasteiger partial charge in [-0.15, -0.1) is 0 Å². The zero-order valence-corrected chi connectivity index (χ0v) is 10.4. The van der Waals surface area contributed by atoms with Crippen LogP contribution in [0.25, 0.3) is 0 Å². The molecule has 0 heterocycles. The van der Waals surface area contributed by atoms with Crippen molar-refractivity contribution in [2.45, 2.75) is 26.3 Å². The molecular weight excluding hydrogens is 184 g/mol. The molecule has 15 heavy (non-hydrogen) atoms. The van der Waals surface area contributed by atoms with E-state index in [4.69, 9.17) is 5.73 Å². The highest BCUT2D eigenvalue weighted by Gasteiger charge is 2.04. The molecule has 2 nitrogen and oxygen atoms in total. The maximum absolute atomic E-state index is 5.96. The number of hydrogen-bond acceptors (Lipinski definition) is 2. The maximum atomic E-state index is 5.96. The lowest BCUT2D eigenvalue weighted by Crippen LogP contribution is -2.34. The van der Waals surface area contributed by atoms with Crippen LogP contribution in [0.3, 0.4) is 0 Å². The summed E-state index contributed by atoms with van der Waals surface area (Å²) in [6.45, 7) is 4.94. The van der Waals surface area contributed by atoms with Crippen molar-refractivity contribution in [1.29, 1.82) is 0 Å². The maximum Gasteiger partial charge on any atom is 0.0208 e. The van der Waals surface area contributed by atoms with Crippen LogP contribution in [0.15, 0.2) is 30.3 Å². The SMILES string of the molecule is CC.CN(C)CC(N)Cc1ccccc1. The molecule has 86 valence electrons. The number of likely N-dealkylation sites (N-methyl/N-ethyl adjacent to an activating group) is 1. The molecule has 1 aromatic rings. The number of hydrogen-bond donors (Lipinski definition) is 1. The van der Waals surface area contributed by atoms with Gasteiger partial charge in [0.2, 0.25) is 0 Å². The quantitative estimate of drug-likeness (QED) is 0.821. The van der Waals surface area contributed by atoms with Gasteiger partial charge in [-0.3, -0.25) is 0 Å². The zero-order chi connectivity index (χ0) is 11.7. The first-order valence-corrected chi connectivity index (χ1v) is 5.62. The summed E-state index contributed by atoms with van der Waals surface area (Å²) in [7, 11) is 4.09. The average Bonchev–Trinajstić information content (AvgIpc) is 2.21. The van der Waals surface area contributed by atoms with E-state index in [-0.39, 0.29) is 6.04 Å². The lowest BCUT2D eigenvalue weighted by Gasteiger charge is -2.16. The number of nitrogens with zero attached hydrogens (tertiary/aromatic N) is 1. The highest BCUT2D eigenvalue weighted by molar-refractivity contribution is 5.15. The minimum atomic E-state index is 0.234. The van der Waals surface area contributed by atoms with E-state index in [1.54, 1.807) is 0 Å². The third-order valence-electron chi connectivity index (χ3n) is 1.94. The fourth-order valence-corrected chi connectivity index (χ4v) is 1.45. The number of rotatable bonds is 4. The molecule has 1 unspecified atom stereocenters. The predicted octanol–water partition coefficient (Wildman–Crippen LogP) is 2.14. The Morgan fingerprint density at radius 2 is 1.67 bits per heavy atom. The molecule has 0 aliphatic rings. The largest absolute Gasteiger partial charge is 0.326 e. The summed E-state index contributed by atoms with van der Waals surface area (Å²) in [5, 5.41) is 0. The summed E-state index contributed by atoms with van der Waals surface area (Å²) in [6.07, 6.45) is 0.957. The minimum Gasteiger partial charge on any atom is -0.326 e. The van der Waals surface area contributed by atoms with Gasteiger partial charge in [0.1, 0.15) is 0 Å². The Kier molecular flexibility index (Phi) is 7.96. The molecule has 0 amide bonds. The monoisotopic (exact) mass is 208 g/mol. The van der Waals surface area contributed by atoms with E-state index in [0.717, 1.165) is 13.0 Å². The summed E-state index contributed by atoms with van der Waals surface area (Å²) in [6, 6.07) is 10.6. The van der Waals surface area contributed by atoms with Crippen LogP contribution >= 0.6 is 0 Å². The van der Waals surface area contributed by atoms with Crippen molar-refractivity contribution in [3.8, 4) is 0 Å². The first kappa shape index (κ1) is 14.1. The molecule has 1 atom stereocenters. The topological polar surface area (TPSA) is 29.3 Å². The third-order valence-corrected chi connectivity index (χ3v) is 1.94. The first-order valence-electron chi connectivity index (χ1n) is 5.62. The van der Waals surface area contributed by atoms with Gasteiger partial charge >= 0.3 is 0 Å². The minimum absolute atomic E-state index is 0.234. The number of nitrogens with two attached hydrogens (primary N) is 1. The second kappa shape index (κ2) is 8.45. The van der Waals surface area contributed by atoms with Crippen LogP contribution in [-0.4, -0.2) is 31.6 Å². The van der Waals surface area contributed by atoms with E-state index in [2.05, 4.69) is 29.2 Å². The van der Waals surface area contributed by atoms with Gasteiger partial charge in [-0.25, -0.2) is 0 Å². The van der Waals surface area contributed by atoms with Crippen molar-refractivity contribution < 1.29 is 0 Å². The Balaban J connectivity index is 0.000000921. The predicted molar refractivity (Wildman–Crippen MR) is 68.0 cm³/mol. The Bertz CT molecular complexity index is 232. The van der Waals surface area contributed by atoms with Gasteiger partial charge in [0.25, 0.3) is 0 Å². The van der Waals surface area contributed by atoms with Crippen LogP contribution in [0.2, 0.25) is 0 Å². The van der Waals surface area contributed by atoms with E-state index in [1.807, 2.05) is 34.0 Å². The van der Waals surface area contributed by atoms with Crippen molar-refractivity contribution in [3.05, 3.63) is 35.9 Å². The van der Waals surface area contributed by atoms with Crippen molar-refractivity contribution in [2.24, 2.45) is 5.73 Å². The van der Waals surface area contributed by atoms with Crippen molar-refractivity contribution in [3.63, 3.8) is 0 Å². The normalized spacial score (nSPS) is 11.9. The van der Waals surface area contributed by atoms with E-state index in [9.17, 15) is 0 Å². The smallest absolute Gasteiger partial charge is 0.0208 e. The Morgan fingerprint density at radius 3 is 2.13 bits per heavy atom. The van der Waals surface area contributed by atoms with Crippen molar-refractivity contribution in [2.75, 3.05) is 20.6 Å². The van der Waals surface area contributed by atoms with Crippen LogP contribution in [0, 0.1) is 0 Å². The van der Waals surface area contributed by atoms with Gasteiger partial charge in [0, 0.05) is 12.6 Å². The molecule has 0 aliphatic heterocycles. The first-order chi connectivity index (χ1) is 7.18. The van der Waals surface area contributed by atoms with E-state index >= 15 is 0 Å².